The number of guanidine groups is 1. The standard InChI is InChI=1S/C18H21Cl2N5.HI/c1-21-18(24-11-13-9-15(19)17(20)25(13)2)22-8-7-12-10-23-16-6-4-3-5-14(12)16;/h3-6,9-10,23H,7-8,11H2,1-2H3,(H2,21,22,24);1H. The number of fused-ring (bicyclic) bond motifs is 1. The third-order valence-electron chi connectivity index (χ3n) is 4.24. The normalized spacial score (nSPS) is 11.5. The fourth-order valence-corrected chi connectivity index (χ4v) is 3.22. The third-order valence-corrected chi connectivity index (χ3v) is 5.08. The first-order chi connectivity index (χ1) is 12.1. The fraction of sp³-hybridized carbons (Fsp3) is 0.278. The smallest absolute Gasteiger partial charge is 0.191 e. The summed E-state index contributed by atoms with van der Waals surface area (Å²) in [5, 5.41) is 8.98. The number of aliphatic imine (C=N–C) groups is 1. The maximum Gasteiger partial charge on any atom is 0.191 e. The van der Waals surface area contributed by atoms with Gasteiger partial charge in [0.2, 0.25) is 0 Å². The Morgan fingerprint density at radius 1 is 1.23 bits per heavy atom. The summed E-state index contributed by atoms with van der Waals surface area (Å²) in [4.78, 5) is 7.55. The summed E-state index contributed by atoms with van der Waals surface area (Å²) in [6, 6.07) is 10.2. The van der Waals surface area contributed by atoms with Crippen LogP contribution in [0.25, 0.3) is 10.9 Å². The number of halogens is 3. The average Bonchev–Trinajstić information content (AvgIpc) is 3.14. The predicted octanol–water partition coefficient (Wildman–Crippen LogP) is 4.34. The molecule has 0 saturated carbocycles. The number of H-pyrrole nitrogens is 1. The van der Waals surface area contributed by atoms with Gasteiger partial charge in [0, 0.05) is 43.4 Å². The molecule has 2 heterocycles. The Hall–Kier alpha value is -1.38. The van der Waals surface area contributed by atoms with E-state index < -0.39 is 0 Å². The number of nitrogens with zero attached hydrogens (tertiary/aromatic N) is 2. The number of nitrogens with one attached hydrogen (secondary N) is 3. The van der Waals surface area contributed by atoms with Gasteiger partial charge in [-0.3, -0.25) is 4.99 Å². The molecule has 0 saturated heterocycles. The molecule has 140 valence electrons. The molecule has 0 unspecified atom stereocenters. The molecule has 1 aromatic carbocycles. The van der Waals surface area contributed by atoms with Crippen LogP contribution in [0.1, 0.15) is 11.3 Å². The Balaban J connectivity index is 0.00000243. The molecule has 26 heavy (non-hydrogen) atoms. The predicted molar refractivity (Wildman–Crippen MR) is 121 cm³/mol. The fourth-order valence-electron chi connectivity index (χ4n) is 2.81. The SMILES string of the molecule is CN=C(NCCc1c[nH]c2ccccc12)NCc1cc(Cl)c(Cl)n1C.I. The van der Waals surface area contributed by atoms with Crippen LogP contribution in [-0.4, -0.2) is 29.1 Å². The van der Waals surface area contributed by atoms with Gasteiger partial charge in [0.25, 0.3) is 0 Å². The molecule has 8 heteroatoms. The molecule has 3 rings (SSSR count). The first kappa shape index (κ1) is 20.9. The Bertz CT molecular complexity index is 900. The highest BCUT2D eigenvalue weighted by molar-refractivity contribution is 14.0. The molecule has 0 aliphatic heterocycles. The lowest BCUT2D eigenvalue weighted by atomic mass is 10.1. The Kier molecular flexibility index (Phi) is 7.67. The van der Waals surface area contributed by atoms with Crippen LogP contribution in [-0.2, 0) is 20.0 Å². The van der Waals surface area contributed by atoms with Crippen molar-refractivity contribution in [1.82, 2.24) is 20.2 Å². The van der Waals surface area contributed by atoms with E-state index in [0.29, 0.717) is 16.7 Å². The highest BCUT2D eigenvalue weighted by atomic mass is 127. The molecule has 0 spiro atoms. The molecule has 2 aromatic heterocycles. The van der Waals surface area contributed by atoms with Crippen LogP contribution in [0.4, 0.5) is 0 Å². The summed E-state index contributed by atoms with van der Waals surface area (Å²) in [7, 11) is 3.64. The Labute approximate surface area is 180 Å². The van der Waals surface area contributed by atoms with Crippen molar-refractivity contribution >= 4 is 64.0 Å². The van der Waals surface area contributed by atoms with E-state index in [1.54, 1.807) is 7.05 Å². The van der Waals surface area contributed by atoms with Crippen molar-refractivity contribution < 1.29 is 0 Å². The zero-order chi connectivity index (χ0) is 17.8. The maximum atomic E-state index is 6.09. The Morgan fingerprint density at radius 2 is 2.00 bits per heavy atom. The van der Waals surface area contributed by atoms with Gasteiger partial charge in [-0.1, -0.05) is 41.4 Å². The van der Waals surface area contributed by atoms with E-state index in [9.17, 15) is 0 Å². The summed E-state index contributed by atoms with van der Waals surface area (Å²) in [5.41, 5.74) is 3.45. The monoisotopic (exact) mass is 505 g/mol. The van der Waals surface area contributed by atoms with Crippen LogP contribution in [0.15, 0.2) is 41.5 Å². The second-order valence-electron chi connectivity index (χ2n) is 5.80. The van der Waals surface area contributed by atoms with Gasteiger partial charge in [0.05, 0.1) is 11.6 Å². The quantitative estimate of drug-likeness (QED) is 0.274. The summed E-state index contributed by atoms with van der Waals surface area (Å²) in [6.07, 6.45) is 2.98. The van der Waals surface area contributed by atoms with Crippen LogP contribution >= 0.6 is 47.2 Å². The number of benzene rings is 1. The van der Waals surface area contributed by atoms with Gasteiger partial charge in [-0.15, -0.1) is 24.0 Å². The number of rotatable bonds is 5. The maximum absolute atomic E-state index is 6.09. The van der Waals surface area contributed by atoms with Crippen molar-refractivity contribution in [3.63, 3.8) is 0 Å². The molecule has 5 nitrogen and oxygen atoms in total. The molecular weight excluding hydrogens is 484 g/mol. The minimum atomic E-state index is 0. The van der Waals surface area contributed by atoms with E-state index >= 15 is 0 Å². The lowest BCUT2D eigenvalue weighted by Crippen LogP contribution is -2.38. The first-order valence-corrected chi connectivity index (χ1v) is 8.85. The van der Waals surface area contributed by atoms with Crippen LogP contribution in [0.3, 0.4) is 0 Å². The van der Waals surface area contributed by atoms with Crippen LogP contribution in [0.5, 0.6) is 0 Å². The van der Waals surface area contributed by atoms with Crippen molar-refractivity contribution in [2.75, 3.05) is 13.6 Å². The molecule has 0 atom stereocenters. The molecule has 0 fully saturated rings. The van der Waals surface area contributed by atoms with Crippen molar-refractivity contribution in [1.29, 1.82) is 0 Å². The summed E-state index contributed by atoms with van der Waals surface area (Å²) in [5.74, 6) is 0.744. The first-order valence-electron chi connectivity index (χ1n) is 8.09. The molecule has 0 aliphatic carbocycles. The van der Waals surface area contributed by atoms with E-state index in [1.807, 2.05) is 23.7 Å². The van der Waals surface area contributed by atoms with Gasteiger partial charge in [0.1, 0.15) is 5.15 Å². The van der Waals surface area contributed by atoms with E-state index in [0.717, 1.165) is 30.1 Å². The number of para-hydroxylation sites is 1. The lowest BCUT2D eigenvalue weighted by molar-refractivity contribution is 0.747. The van der Waals surface area contributed by atoms with Crippen molar-refractivity contribution in [2.45, 2.75) is 13.0 Å². The zero-order valence-electron chi connectivity index (χ0n) is 14.6. The lowest BCUT2D eigenvalue weighted by Gasteiger charge is -2.12. The number of hydrogen-bond acceptors (Lipinski definition) is 1. The average molecular weight is 506 g/mol. The molecular formula is C18H22Cl2IN5. The Morgan fingerprint density at radius 3 is 2.69 bits per heavy atom. The number of aromatic nitrogens is 2. The van der Waals surface area contributed by atoms with E-state index in [4.69, 9.17) is 23.2 Å². The molecule has 0 bridgehead atoms. The van der Waals surface area contributed by atoms with E-state index in [2.05, 4.69) is 45.0 Å². The molecule has 0 aliphatic rings. The summed E-state index contributed by atoms with van der Waals surface area (Å²) >= 11 is 12.1. The van der Waals surface area contributed by atoms with Crippen LogP contribution in [0.2, 0.25) is 10.2 Å². The molecule has 3 aromatic rings. The summed E-state index contributed by atoms with van der Waals surface area (Å²) in [6.45, 7) is 1.38. The zero-order valence-corrected chi connectivity index (χ0v) is 18.5. The van der Waals surface area contributed by atoms with E-state index in [1.165, 1.54) is 10.9 Å². The molecule has 0 radical (unpaired) electrons. The highest BCUT2D eigenvalue weighted by Gasteiger charge is 2.09. The topological polar surface area (TPSA) is 57.1 Å². The largest absolute Gasteiger partial charge is 0.361 e. The second-order valence-corrected chi connectivity index (χ2v) is 6.56. The van der Waals surface area contributed by atoms with Gasteiger partial charge in [0.15, 0.2) is 5.96 Å². The number of hydrogen-bond donors (Lipinski definition) is 3. The van der Waals surface area contributed by atoms with Crippen molar-refractivity contribution in [3.05, 3.63) is 58.0 Å². The van der Waals surface area contributed by atoms with Gasteiger partial charge < -0.3 is 20.2 Å². The minimum Gasteiger partial charge on any atom is -0.361 e. The minimum absolute atomic E-state index is 0. The van der Waals surface area contributed by atoms with E-state index in [-0.39, 0.29) is 24.0 Å². The number of aromatic amines is 1. The van der Waals surface area contributed by atoms with Gasteiger partial charge in [-0.2, -0.15) is 0 Å². The van der Waals surface area contributed by atoms with Gasteiger partial charge >= 0.3 is 0 Å². The third kappa shape index (κ3) is 4.66. The van der Waals surface area contributed by atoms with Crippen LogP contribution < -0.4 is 10.6 Å². The summed E-state index contributed by atoms with van der Waals surface area (Å²) < 4.78 is 1.86. The second kappa shape index (κ2) is 9.53. The van der Waals surface area contributed by atoms with Gasteiger partial charge in [-0.25, -0.2) is 0 Å². The van der Waals surface area contributed by atoms with Crippen molar-refractivity contribution in [3.8, 4) is 0 Å². The van der Waals surface area contributed by atoms with Crippen molar-refractivity contribution in [2.24, 2.45) is 12.0 Å². The molecule has 0 amide bonds. The highest BCUT2D eigenvalue weighted by Crippen LogP contribution is 2.24. The van der Waals surface area contributed by atoms with Gasteiger partial charge in [-0.05, 0) is 24.1 Å². The molecule has 3 N–H and O–H groups in total. The van der Waals surface area contributed by atoms with Crippen LogP contribution in [0, 0.1) is 0 Å².